The zero-order valence-corrected chi connectivity index (χ0v) is 8.30. The fraction of sp³-hybridized carbons (Fsp3) is 0.500. The van der Waals surface area contributed by atoms with Gasteiger partial charge in [0.2, 0.25) is 0 Å². The van der Waals surface area contributed by atoms with Crippen molar-refractivity contribution in [3.05, 3.63) is 23.8 Å². The Morgan fingerprint density at radius 3 is 2.82 bits per heavy atom. The number of hydrogen-bond acceptors (Lipinski definition) is 2. The van der Waals surface area contributed by atoms with Gasteiger partial charge in [0.05, 0.1) is 5.69 Å². The van der Waals surface area contributed by atoms with Gasteiger partial charge in [-0.25, -0.2) is 9.97 Å². The third-order valence-corrected chi connectivity index (χ3v) is 1.96. The van der Waals surface area contributed by atoms with Gasteiger partial charge in [-0.05, 0) is 6.07 Å². The summed E-state index contributed by atoms with van der Waals surface area (Å²) >= 11 is 3.35. The van der Waals surface area contributed by atoms with Crippen molar-refractivity contribution < 1.29 is 0 Å². The summed E-state index contributed by atoms with van der Waals surface area (Å²) in [4.78, 5) is 8.49. The maximum atomic E-state index is 4.33. The average Bonchev–Trinajstić information content (AvgIpc) is 2.05. The van der Waals surface area contributed by atoms with Gasteiger partial charge >= 0.3 is 0 Å². The fourth-order valence-corrected chi connectivity index (χ4v) is 1.08. The molecule has 0 aromatic carbocycles. The van der Waals surface area contributed by atoms with E-state index in [1.807, 2.05) is 6.07 Å². The molecule has 0 fully saturated rings. The minimum Gasteiger partial charge on any atom is -0.241 e. The quantitative estimate of drug-likeness (QED) is 0.708. The Morgan fingerprint density at radius 2 is 2.27 bits per heavy atom. The largest absolute Gasteiger partial charge is 0.241 e. The molecule has 0 atom stereocenters. The lowest BCUT2D eigenvalue weighted by Crippen LogP contribution is -1.98. The first-order chi connectivity index (χ1) is 5.24. The van der Waals surface area contributed by atoms with Gasteiger partial charge in [-0.2, -0.15) is 0 Å². The van der Waals surface area contributed by atoms with Crippen molar-refractivity contribution in [1.82, 2.24) is 9.97 Å². The summed E-state index contributed by atoms with van der Waals surface area (Å²) in [6.07, 6.45) is 1.80. The van der Waals surface area contributed by atoms with Gasteiger partial charge in [-0.3, -0.25) is 0 Å². The Hall–Kier alpha value is -0.440. The second kappa shape index (κ2) is 3.81. The molecule has 0 aliphatic rings. The van der Waals surface area contributed by atoms with Gasteiger partial charge in [-0.1, -0.05) is 29.8 Å². The Morgan fingerprint density at radius 1 is 1.55 bits per heavy atom. The minimum atomic E-state index is 0.411. The Balaban J connectivity index is 2.91. The normalized spacial score (nSPS) is 10.5. The molecule has 0 unspecified atom stereocenters. The first kappa shape index (κ1) is 8.65. The van der Waals surface area contributed by atoms with Crippen molar-refractivity contribution >= 4 is 15.9 Å². The number of aromatic nitrogens is 2. The van der Waals surface area contributed by atoms with Crippen LogP contribution in [0.1, 0.15) is 31.3 Å². The van der Waals surface area contributed by atoms with Crippen molar-refractivity contribution in [2.24, 2.45) is 0 Å². The number of rotatable bonds is 2. The van der Waals surface area contributed by atoms with E-state index < -0.39 is 0 Å². The molecule has 0 saturated heterocycles. The molecule has 1 heterocycles. The van der Waals surface area contributed by atoms with E-state index in [1.54, 1.807) is 6.20 Å². The van der Waals surface area contributed by atoms with Gasteiger partial charge < -0.3 is 0 Å². The molecule has 3 heteroatoms. The summed E-state index contributed by atoms with van der Waals surface area (Å²) in [6, 6.07) is 1.92. The van der Waals surface area contributed by atoms with Gasteiger partial charge in [0.1, 0.15) is 5.82 Å². The number of hydrogen-bond donors (Lipinski definition) is 0. The topological polar surface area (TPSA) is 25.8 Å². The average molecular weight is 215 g/mol. The summed E-state index contributed by atoms with van der Waals surface area (Å²) < 4.78 is 0. The maximum Gasteiger partial charge on any atom is 0.131 e. The van der Waals surface area contributed by atoms with Crippen LogP contribution in [0.3, 0.4) is 0 Å². The second-order valence-electron chi connectivity index (χ2n) is 2.69. The summed E-state index contributed by atoms with van der Waals surface area (Å²) in [5.41, 5.74) is 1.05. The van der Waals surface area contributed by atoms with Crippen LogP contribution in [0.2, 0.25) is 0 Å². The monoisotopic (exact) mass is 214 g/mol. The van der Waals surface area contributed by atoms with Crippen LogP contribution in [0.5, 0.6) is 0 Å². The van der Waals surface area contributed by atoms with E-state index in [9.17, 15) is 0 Å². The van der Waals surface area contributed by atoms with E-state index in [2.05, 4.69) is 39.7 Å². The van der Waals surface area contributed by atoms with Crippen molar-refractivity contribution in [2.45, 2.75) is 25.1 Å². The zero-order valence-electron chi connectivity index (χ0n) is 6.71. The predicted octanol–water partition coefficient (Wildman–Crippen LogP) is 2.49. The third-order valence-electron chi connectivity index (χ3n) is 1.39. The van der Waals surface area contributed by atoms with Crippen molar-refractivity contribution in [3.8, 4) is 0 Å². The number of halogens is 1. The molecule has 11 heavy (non-hydrogen) atoms. The number of alkyl halides is 1. The van der Waals surface area contributed by atoms with Crippen LogP contribution in [0, 0.1) is 0 Å². The Labute approximate surface area is 75.2 Å². The number of nitrogens with zero attached hydrogens (tertiary/aromatic N) is 2. The van der Waals surface area contributed by atoms with Crippen LogP contribution in [0.15, 0.2) is 12.3 Å². The van der Waals surface area contributed by atoms with E-state index in [4.69, 9.17) is 0 Å². The molecule has 0 bridgehead atoms. The van der Waals surface area contributed by atoms with Crippen molar-refractivity contribution in [3.63, 3.8) is 0 Å². The molecule has 0 saturated carbocycles. The highest BCUT2D eigenvalue weighted by Gasteiger charge is 2.01. The fourth-order valence-electron chi connectivity index (χ4n) is 0.766. The zero-order chi connectivity index (χ0) is 8.27. The van der Waals surface area contributed by atoms with Crippen molar-refractivity contribution in [1.29, 1.82) is 0 Å². The molecule has 60 valence electrons. The molecular weight excluding hydrogens is 204 g/mol. The summed E-state index contributed by atoms with van der Waals surface area (Å²) in [5.74, 6) is 1.33. The van der Waals surface area contributed by atoms with Crippen molar-refractivity contribution in [2.75, 3.05) is 0 Å². The summed E-state index contributed by atoms with van der Waals surface area (Å²) in [6.45, 7) is 4.18. The molecule has 0 N–H and O–H groups in total. The molecule has 0 radical (unpaired) electrons. The molecule has 1 rings (SSSR count). The van der Waals surface area contributed by atoms with Crippen LogP contribution in [0.25, 0.3) is 0 Å². The van der Waals surface area contributed by atoms with Gasteiger partial charge in [0.15, 0.2) is 0 Å². The lowest BCUT2D eigenvalue weighted by Gasteiger charge is -2.02. The molecule has 1 aromatic heterocycles. The van der Waals surface area contributed by atoms with E-state index in [0.717, 1.165) is 16.8 Å². The second-order valence-corrected chi connectivity index (χ2v) is 3.26. The van der Waals surface area contributed by atoms with E-state index in [-0.39, 0.29) is 0 Å². The van der Waals surface area contributed by atoms with Gasteiger partial charge in [-0.15, -0.1) is 0 Å². The van der Waals surface area contributed by atoms with E-state index in [0.29, 0.717) is 5.92 Å². The first-order valence-electron chi connectivity index (χ1n) is 3.62. The molecule has 0 aliphatic heterocycles. The standard InChI is InChI=1S/C8H11BrN2/c1-6(2)8-10-4-3-7(5-9)11-8/h3-4,6H,5H2,1-2H3. The molecule has 0 aliphatic carbocycles. The van der Waals surface area contributed by atoms with Crippen LogP contribution in [0.4, 0.5) is 0 Å². The predicted molar refractivity (Wildman–Crippen MR) is 48.8 cm³/mol. The Kier molecular flexibility index (Phi) is 3.00. The first-order valence-corrected chi connectivity index (χ1v) is 4.74. The molecule has 2 nitrogen and oxygen atoms in total. The van der Waals surface area contributed by atoms with Crippen LogP contribution >= 0.6 is 15.9 Å². The highest BCUT2D eigenvalue weighted by Crippen LogP contribution is 2.09. The van der Waals surface area contributed by atoms with Gasteiger partial charge in [0, 0.05) is 17.4 Å². The third kappa shape index (κ3) is 2.26. The highest BCUT2D eigenvalue weighted by atomic mass is 79.9. The molecular formula is C8H11BrN2. The SMILES string of the molecule is CC(C)c1nccc(CBr)n1. The summed E-state index contributed by atoms with van der Waals surface area (Å²) in [5, 5.41) is 0.801. The van der Waals surface area contributed by atoms with E-state index >= 15 is 0 Å². The van der Waals surface area contributed by atoms with Crippen LogP contribution in [-0.4, -0.2) is 9.97 Å². The minimum absolute atomic E-state index is 0.411. The lowest BCUT2D eigenvalue weighted by atomic mass is 10.2. The van der Waals surface area contributed by atoms with Gasteiger partial charge in [0.25, 0.3) is 0 Å². The smallest absolute Gasteiger partial charge is 0.131 e. The van der Waals surface area contributed by atoms with Crippen LogP contribution in [-0.2, 0) is 5.33 Å². The lowest BCUT2D eigenvalue weighted by molar-refractivity contribution is 0.765. The highest BCUT2D eigenvalue weighted by molar-refractivity contribution is 9.08. The Bertz CT molecular complexity index is 235. The van der Waals surface area contributed by atoms with E-state index in [1.165, 1.54) is 0 Å². The van der Waals surface area contributed by atoms with Crippen LogP contribution < -0.4 is 0 Å². The summed E-state index contributed by atoms with van der Waals surface area (Å²) in [7, 11) is 0. The molecule has 0 spiro atoms. The molecule has 0 amide bonds. The molecule has 1 aromatic rings. The maximum absolute atomic E-state index is 4.33.